The predicted molar refractivity (Wildman–Crippen MR) is 93.3 cm³/mol. The normalized spacial score (nSPS) is 12.2. The van der Waals surface area contributed by atoms with Crippen molar-refractivity contribution in [2.45, 2.75) is 39.4 Å². The highest BCUT2D eigenvalue weighted by atomic mass is 16.5. The summed E-state index contributed by atoms with van der Waals surface area (Å²) in [5.74, 6) is -1.10. The molecule has 0 aliphatic carbocycles. The van der Waals surface area contributed by atoms with Crippen molar-refractivity contribution in [1.29, 1.82) is 0 Å². The summed E-state index contributed by atoms with van der Waals surface area (Å²) in [6, 6.07) is 13.9. The van der Waals surface area contributed by atoms with Crippen LogP contribution in [-0.2, 0) is 25.7 Å². The van der Waals surface area contributed by atoms with Crippen molar-refractivity contribution in [3.63, 3.8) is 0 Å². The van der Waals surface area contributed by atoms with Crippen LogP contribution in [0.5, 0.6) is 0 Å². The van der Waals surface area contributed by atoms with Crippen molar-refractivity contribution in [2.24, 2.45) is 0 Å². The monoisotopic (exact) mass is 326 g/mol. The molecule has 0 N–H and O–H groups in total. The summed E-state index contributed by atoms with van der Waals surface area (Å²) >= 11 is 0. The van der Waals surface area contributed by atoms with Crippen LogP contribution in [0.25, 0.3) is 10.8 Å². The van der Waals surface area contributed by atoms with Gasteiger partial charge in [-0.1, -0.05) is 49.7 Å². The molecule has 0 bridgehead atoms. The van der Waals surface area contributed by atoms with Gasteiger partial charge in [0.15, 0.2) is 0 Å². The van der Waals surface area contributed by atoms with E-state index >= 15 is 0 Å². The lowest BCUT2D eigenvalue weighted by atomic mass is 10.1. The summed E-state index contributed by atoms with van der Waals surface area (Å²) in [5, 5.41) is 2.23. The Kier molecular flexibility index (Phi) is 6.55. The summed E-state index contributed by atoms with van der Waals surface area (Å²) in [4.78, 5) is 23.2. The van der Waals surface area contributed by atoms with Gasteiger partial charge in [0.1, 0.15) is 6.61 Å². The van der Waals surface area contributed by atoms with Gasteiger partial charge in [-0.05, 0) is 35.7 Å². The van der Waals surface area contributed by atoms with E-state index < -0.39 is 11.9 Å². The standard InChI is InChI=1S/C20H22O4/c1-3-6-15(2)24-20(22)12-11-19(21)23-14-16-9-10-17-7-4-5-8-18(17)13-16/h4-5,7-13,15H,3,6,14H2,1-2H3/b12-11+. The first-order chi connectivity index (χ1) is 11.6. The van der Waals surface area contributed by atoms with Crippen LogP contribution in [-0.4, -0.2) is 18.0 Å². The van der Waals surface area contributed by atoms with E-state index in [-0.39, 0.29) is 12.7 Å². The molecule has 2 rings (SSSR count). The summed E-state index contributed by atoms with van der Waals surface area (Å²) in [5.41, 5.74) is 0.898. The first-order valence-electron chi connectivity index (χ1n) is 8.11. The van der Waals surface area contributed by atoms with Crippen LogP contribution in [0, 0.1) is 0 Å². The van der Waals surface area contributed by atoms with Gasteiger partial charge in [-0.25, -0.2) is 9.59 Å². The average molecular weight is 326 g/mol. The van der Waals surface area contributed by atoms with E-state index in [0.29, 0.717) is 0 Å². The molecule has 0 heterocycles. The molecule has 4 heteroatoms. The zero-order chi connectivity index (χ0) is 17.4. The van der Waals surface area contributed by atoms with E-state index in [4.69, 9.17) is 9.47 Å². The predicted octanol–water partition coefficient (Wildman–Crippen LogP) is 4.17. The van der Waals surface area contributed by atoms with Crippen LogP contribution < -0.4 is 0 Å². The van der Waals surface area contributed by atoms with E-state index in [1.54, 1.807) is 0 Å². The molecule has 0 aliphatic rings. The fourth-order valence-electron chi connectivity index (χ4n) is 2.37. The highest BCUT2D eigenvalue weighted by Gasteiger charge is 2.06. The number of hydrogen-bond donors (Lipinski definition) is 0. The molecule has 1 unspecified atom stereocenters. The number of carbonyl (C=O) groups excluding carboxylic acids is 2. The van der Waals surface area contributed by atoms with Crippen LogP contribution in [0.4, 0.5) is 0 Å². The molecule has 24 heavy (non-hydrogen) atoms. The van der Waals surface area contributed by atoms with Crippen molar-refractivity contribution in [1.82, 2.24) is 0 Å². The van der Waals surface area contributed by atoms with Crippen molar-refractivity contribution in [2.75, 3.05) is 0 Å². The lowest BCUT2D eigenvalue weighted by Crippen LogP contribution is -2.13. The third kappa shape index (κ3) is 5.54. The lowest BCUT2D eigenvalue weighted by Gasteiger charge is -2.09. The zero-order valence-electron chi connectivity index (χ0n) is 14.0. The lowest BCUT2D eigenvalue weighted by molar-refractivity contribution is -0.144. The van der Waals surface area contributed by atoms with E-state index in [1.807, 2.05) is 56.3 Å². The Morgan fingerprint density at radius 3 is 2.50 bits per heavy atom. The van der Waals surface area contributed by atoms with Crippen LogP contribution in [0.3, 0.4) is 0 Å². The number of rotatable bonds is 7. The second-order valence-electron chi connectivity index (χ2n) is 5.66. The third-order valence-electron chi connectivity index (χ3n) is 3.56. The Labute approximate surface area is 142 Å². The summed E-state index contributed by atoms with van der Waals surface area (Å²) in [7, 11) is 0. The molecule has 126 valence electrons. The minimum absolute atomic E-state index is 0.152. The highest BCUT2D eigenvalue weighted by Crippen LogP contribution is 2.16. The Morgan fingerprint density at radius 2 is 1.75 bits per heavy atom. The molecule has 0 aromatic heterocycles. The first-order valence-corrected chi connectivity index (χ1v) is 8.11. The van der Waals surface area contributed by atoms with E-state index in [2.05, 4.69) is 0 Å². The fourth-order valence-corrected chi connectivity index (χ4v) is 2.37. The smallest absolute Gasteiger partial charge is 0.331 e. The molecule has 4 nitrogen and oxygen atoms in total. The molecular formula is C20H22O4. The molecule has 0 fully saturated rings. The molecule has 0 amide bonds. The number of benzene rings is 2. The number of ether oxygens (including phenoxy) is 2. The molecule has 0 aliphatic heterocycles. The van der Waals surface area contributed by atoms with Crippen molar-refractivity contribution in [3.8, 4) is 0 Å². The largest absolute Gasteiger partial charge is 0.460 e. The minimum Gasteiger partial charge on any atom is -0.460 e. The van der Waals surface area contributed by atoms with Gasteiger partial charge < -0.3 is 9.47 Å². The molecule has 1 atom stereocenters. The second kappa shape index (κ2) is 8.87. The van der Waals surface area contributed by atoms with Crippen LogP contribution in [0.1, 0.15) is 32.3 Å². The maximum Gasteiger partial charge on any atom is 0.331 e. The van der Waals surface area contributed by atoms with Crippen molar-refractivity contribution < 1.29 is 19.1 Å². The summed E-state index contributed by atoms with van der Waals surface area (Å²) < 4.78 is 10.3. The topological polar surface area (TPSA) is 52.6 Å². The summed E-state index contributed by atoms with van der Waals surface area (Å²) in [6.45, 7) is 4.01. The maximum absolute atomic E-state index is 11.7. The number of fused-ring (bicyclic) bond motifs is 1. The molecule has 2 aromatic carbocycles. The fraction of sp³-hybridized carbons (Fsp3) is 0.300. The quantitative estimate of drug-likeness (QED) is 0.566. The van der Waals surface area contributed by atoms with Crippen LogP contribution in [0.2, 0.25) is 0 Å². The van der Waals surface area contributed by atoms with E-state index in [9.17, 15) is 9.59 Å². The van der Waals surface area contributed by atoms with Crippen LogP contribution in [0.15, 0.2) is 54.6 Å². The van der Waals surface area contributed by atoms with Crippen LogP contribution >= 0.6 is 0 Å². The Morgan fingerprint density at radius 1 is 1.04 bits per heavy atom. The van der Waals surface area contributed by atoms with Gasteiger partial charge in [-0.3, -0.25) is 0 Å². The summed E-state index contributed by atoms with van der Waals surface area (Å²) in [6.07, 6.45) is 3.79. The van der Waals surface area contributed by atoms with E-state index in [0.717, 1.165) is 41.3 Å². The molecule has 2 aromatic rings. The van der Waals surface area contributed by atoms with Gasteiger partial charge in [-0.2, -0.15) is 0 Å². The van der Waals surface area contributed by atoms with Gasteiger partial charge >= 0.3 is 11.9 Å². The maximum atomic E-state index is 11.7. The van der Waals surface area contributed by atoms with Gasteiger partial charge in [0.05, 0.1) is 6.10 Å². The minimum atomic E-state index is -0.566. The van der Waals surface area contributed by atoms with Gasteiger partial charge in [0, 0.05) is 12.2 Å². The second-order valence-corrected chi connectivity index (χ2v) is 5.66. The Hall–Kier alpha value is -2.62. The molecule has 0 radical (unpaired) electrons. The Balaban J connectivity index is 1.83. The SMILES string of the molecule is CCCC(C)OC(=O)/C=C/C(=O)OCc1ccc2ccccc2c1. The average Bonchev–Trinajstić information content (AvgIpc) is 2.58. The van der Waals surface area contributed by atoms with Crippen molar-refractivity contribution in [3.05, 3.63) is 60.2 Å². The van der Waals surface area contributed by atoms with Gasteiger partial charge in [0.2, 0.25) is 0 Å². The third-order valence-corrected chi connectivity index (χ3v) is 3.56. The first kappa shape index (κ1) is 17.7. The van der Waals surface area contributed by atoms with Gasteiger partial charge in [-0.15, -0.1) is 0 Å². The van der Waals surface area contributed by atoms with Crippen molar-refractivity contribution >= 4 is 22.7 Å². The van der Waals surface area contributed by atoms with E-state index in [1.165, 1.54) is 0 Å². The zero-order valence-corrected chi connectivity index (χ0v) is 14.0. The number of esters is 2. The number of carbonyl (C=O) groups is 2. The number of hydrogen-bond acceptors (Lipinski definition) is 4. The Bertz CT molecular complexity index is 733. The van der Waals surface area contributed by atoms with Gasteiger partial charge in [0.25, 0.3) is 0 Å². The molecule has 0 saturated carbocycles. The highest BCUT2D eigenvalue weighted by molar-refractivity contribution is 5.91. The molecule has 0 spiro atoms. The molecule has 0 saturated heterocycles. The molecular weight excluding hydrogens is 304 g/mol.